The van der Waals surface area contributed by atoms with E-state index in [9.17, 15) is 4.79 Å². The number of piperidine rings is 1. The Kier molecular flexibility index (Phi) is 3.29. The Morgan fingerprint density at radius 2 is 2.19 bits per heavy atom. The molecule has 1 aromatic heterocycles. The Morgan fingerprint density at radius 3 is 2.75 bits per heavy atom. The smallest absolute Gasteiger partial charge is 0.289 e. The van der Waals surface area contributed by atoms with Crippen LogP contribution in [0.2, 0.25) is 0 Å². The Balaban J connectivity index is 2.01. The highest BCUT2D eigenvalue weighted by molar-refractivity contribution is 5.91. The monoisotopic (exact) mass is 222 g/mol. The molecule has 0 unspecified atom stereocenters. The predicted octanol–water partition coefficient (Wildman–Crippen LogP) is 1.61. The lowest BCUT2D eigenvalue weighted by molar-refractivity contribution is 0.0663. The molecule has 1 aromatic rings. The van der Waals surface area contributed by atoms with Crippen LogP contribution in [-0.4, -0.2) is 23.9 Å². The van der Waals surface area contributed by atoms with E-state index in [0.29, 0.717) is 18.1 Å². The molecule has 1 aliphatic heterocycles. The van der Waals surface area contributed by atoms with Gasteiger partial charge in [-0.3, -0.25) is 4.79 Å². The van der Waals surface area contributed by atoms with Gasteiger partial charge in [0, 0.05) is 13.1 Å². The molecule has 2 N–H and O–H groups in total. The van der Waals surface area contributed by atoms with Crippen LogP contribution in [0.3, 0.4) is 0 Å². The van der Waals surface area contributed by atoms with Crippen LogP contribution in [0.15, 0.2) is 16.5 Å². The van der Waals surface area contributed by atoms with E-state index >= 15 is 0 Å². The van der Waals surface area contributed by atoms with Crippen molar-refractivity contribution in [3.05, 3.63) is 23.7 Å². The number of amides is 1. The number of furan rings is 1. The highest BCUT2D eigenvalue weighted by Gasteiger charge is 2.23. The maximum absolute atomic E-state index is 12.0. The Hall–Kier alpha value is -1.29. The quantitative estimate of drug-likeness (QED) is 0.827. The van der Waals surface area contributed by atoms with Gasteiger partial charge in [-0.25, -0.2) is 0 Å². The molecule has 0 atom stereocenters. The Labute approximate surface area is 95.4 Å². The lowest BCUT2D eigenvalue weighted by Crippen LogP contribution is -2.37. The lowest BCUT2D eigenvalue weighted by Gasteiger charge is -2.29. The fourth-order valence-electron chi connectivity index (χ4n) is 1.97. The summed E-state index contributed by atoms with van der Waals surface area (Å²) in [5.74, 6) is 1.79. The van der Waals surface area contributed by atoms with E-state index in [1.807, 2.05) is 4.90 Å². The van der Waals surface area contributed by atoms with Crippen LogP contribution in [0.4, 0.5) is 0 Å². The molecule has 16 heavy (non-hydrogen) atoms. The second-order valence-electron chi connectivity index (χ2n) is 4.44. The molecule has 1 saturated heterocycles. The first-order chi connectivity index (χ1) is 7.70. The third kappa shape index (κ3) is 2.27. The number of likely N-dealkylation sites (tertiary alicyclic amines) is 1. The van der Waals surface area contributed by atoms with Crippen molar-refractivity contribution in [2.24, 2.45) is 11.7 Å². The van der Waals surface area contributed by atoms with Gasteiger partial charge in [0.15, 0.2) is 5.76 Å². The molecule has 1 amide bonds. The van der Waals surface area contributed by atoms with Crippen molar-refractivity contribution in [2.45, 2.75) is 26.3 Å². The minimum absolute atomic E-state index is 0.00778. The fraction of sp³-hybridized carbons (Fsp3) is 0.583. The summed E-state index contributed by atoms with van der Waals surface area (Å²) in [5.41, 5.74) is 5.44. The lowest BCUT2D eigenvalue weighted by atomic mass is 9.99. The number of nitrogens with zero attached hydrogens (tertiary/aromatic N) is 1. The van der Waals surface area contributed by atoms with Crippen LogP contribution in [0.5, 0.6) is 0 Å². The zero-order valence-corrected chi connectivity index (χ0v) is 9.61. The van der Waals surface area contributed by atoms with Crippen LogP contribution in [0, 0.1) is 5.92 Å². The molecule has 0 aromatic carbocycles. The summed E-state index contributed by atoms with van der Waals surface area (Å²) in [5, 5.41) is 0. The Morgan fingerprint density at radius 1 is 1.50 bits per heavy atom. The maximum Gasteiger partial charge on any atom is 0.289 e. The first-order valence-corrected chi connectivity index (χ1v) is 5.78. The number of hydrogen-bond donors (Lipinski definition) is 1. The van der Waals surface area contributed by atoms with Gasteiger partial charge in [0.2, 0.25) is 0 Å². The van der Waals surface area contributed by atoms with Gasteiger partial charge in [0.05, 0.1) is 6.54 Å². The van der Waals surface area contributed by atoms with Gasteiger partial charge in [0.1, 0.15) is 5.76 Å². The molecule has 0 bridgehead atoms. The van der Waals surface area contributed by atoms with E-state index in [1.165, 1.54) is 0 Å². The SMILES string of the molecule is CC1CCN(C(=O)c2ccc(CN)o2)CC1. The van der Waals surface area contributed by atoms with E-state index in [2.05, 4.69) is 6.92 Å². The summed E-state index contributed by atoms with van der Waals surface area (Å²) in [7, 11) is 0. The van der Waals surface area contributed by atoms with Crippen molar-refractivity contribution in [1.82, 2.24) is 4.90 Å². The summed E-state index contributed by atoms with van der Waals surface area (Å²) in [6.07, 6.45) is 2.16. The highest BCUT2D eigenvalue weighted by atomic mass is 16.4. The third-order valence-corrected chi connectivity index (χ3v) is 3.14. The van der Waals surface area contributed by atoms with E-state index in [0.717, 1.165) is 31.8 Å². The number of carbonyl (C=O) groups is 1. The van der Waals surface area contributed by atoms with Gasteiger partial charge in [-0.1, -0.05) is 6.92 Å². The van der Waals surface area contributed by atoms with Gasteiger partial charge >= 0.3 is 0 Å². The van der Waals surface area contributed by atoms with E-state index < -0.39 is 0 Å². The summed E-state index contributed by atoms with van der Waals surface area (Å²) in [4.78, 5) is 13.9. The second kappa shape index (κ2) is 4.70. The first-order valence-electron chi connectivity index (χ1n) is 5.78. The highest BCUT2D eigenvalue weighted by Crippen LogP contribution is 2.19. The molecule has 88 valence electrons. The summed E-state index contributed by atoms with van der Waals surface area (Å²) >= 11 is 0. The average molecular weight is 222 g/mol. The van der Waals surface area contributed by atoms with Crippen LogP contribution in [0.25, 0.3) is 0 Å². The largest absolute Gasteiger partial charge is 0.455 e. The van der Waals surface area contributed by atoms with Crippen molar-refractivity contribution in [3.63, 3.8) is 0 Å². The van der Waals surface area contributed by atoms with Crippen molar-refractivity contribution >= 4 is 5.91 Å². The van der Waals surface area contributed by atoms with Crippen molar-refractivity contribution in [3.8, 4) is 0 Å². The van der Waals surface area contributed by atoms with Crippen LogP contribution in [-0.2, 0) is 6.54 Å². The first kappa shape index (κ1) is 11.2. The molecule has 2 rings (SSSR count). The van der Waals surface area contributed by atoms with E-state index in [1.54, 1.807) is 12.1 Å². The molecule has 0 aliphatic carbocycles. The minimum Gasteiger partial charge on any atom is -0.455 e. The van der Waals surface area contributed by atoms with Gasteiger partial charge in [-0.2, -0.15) is 0 Å². The van der Waals surface area contributed by atoms with Gasteiger partial charge in [0.25, 0.3) is 5.91 Å². The number of carbonyl (C=O) groups excluding carboxylic acids is 1. The van der Waals surface area contributed by atoms with Crippen molar-refractivity contribution < 1.29 is 9.21 Å². The number of hydrogen-bond acceptors (Lipinski definition) is 3. The molecule has 4 nitrogen and oxygen atoms in total. The van der Waals surface area contributed by atoms with Gasteiger partial charge < -0.3 is 15.1 Å². The number of nitrogens with two attached hydrogens (primary N) is 1. The van der Waals surface area contributed by atoms with E-state index in [-0.39, 0.29) is 5.91 Å². The number of rotatable bonds is 2. The van der Waals surface area contributed by atoms with Crippen molar-refractivity contribution in [2.75, 3.05) is 13.1 Å². The van der Waals surface area contributed by atoms with Crippen LogP contribution >= 0.6 is 0 Å². The van der Waals surface area contributed by atoms with Crippen LogP contribution < -0.4 is 5.73 Å². The molecule has 0 spiro atoms. The minimum atomic E-state index is -0.00778. The summed E-state index contributed by atoms with van der Waals surface area (Å²) < 4.78 is 5.36. The molecule has 1 fully saturated rings. The normalized spacial score (nSPS) is 17.8. The molecular formula is C12H18N2O2. The topological polar surface area (TPSA) is 59.5 Å². The summed E-state index contributed by atoms with van der Waals surface area (Å²) in [6.45, 7) is 4.23. The van der Waals surface area contributed by atoms with Gasteiger partial charge in [-0.05, 0) is 30.9 Å². The molecule has 0 radical (unpaired) electrons. The predicted molar refractivity (Wildman–Crippen MR) is 60.9 cm³/mol. The van der Waals surface area contributed by atoms with Crippen molar-refractivity contribution in [1.29, 1.82) is 0 Å². The average Bonchev–Trinajstić information content (AvgIpc) is 2.77. The fourth-order valence-corrected chi connectivity index (χ4v) is 1.97. The van der Waals surface area contributed by atoms with E-state index in [4.69, 9.17) is 10.2 Å². The molecule has 0 saturated carbocycles. The molecular weight excluding hydrogens is 204 g/mol. The maximum atomic E-state index is 12.0. The molecule has 4 heteroatoms. The standard InChI is InChI=1S/C12H18N2O2/c1-9-4-6-14(7-5-9)12(15)11-3-2-10(8-13)16-11/h2-3,9H,4-8,13H2,1H3. The Bertz CT molecular complexity index is 365. The summed E-state index contributed by atoms with van der Waals surface area (Å²) in [6, 6.07) is 3.47. The zero-order valence-electron chi connectivity index (χ0n) is 9.61. The molecule has 2 heterocycles. The van der Waals surface area contributed by atoms with Gasteiger partial charge in [-0.15, -0.1) is 0 Å². The third-order valence-electron chi connectivity index (χ3n) is 3.14. The molecule has 1 aliphatic rings. The second-order valence-corrected chi connectivity index (χ2v) is 4.44. The zero-order chi connectivity index (χ0) is 11.5. The van der Waals surface area contributed by atoms with Crippen LogP contribution in [0.1, 0.15) is 36.1 Å².